The molecular weight excluding hydrogens is 521 g/mol. The average Bonchev–Trinajstić information content (AvgIpc) is 3.70. The maximum atomic E-state index is 13.7. The number of ether oxygens (including phenoxy) is 1. The van der Waals surface area contributed by atoms with Crippen molar-refractivity contribution in [3.63, 3.8) is 0 Å². The first kappa shape index (κ1) is 26.1. The molecule has 0 atom stereocenters. The number of hydrogen-bond acceptors (Lipinski definition) is 3. The van der Waals surface area contributed by atoms with Gasteiger partial charge in [-0.15, -0.1) is 0 Å². The van der Waals surface area contributed by atoms with E-state index in [0.717, 1.165) is 34.9 Å². The smallest absolute Gasteiger partial charge is 0.254 e. The summed E-state index contributed by atoms with van der Waals surface area (Å²) in [7, 11) is 1.59. The van der Waals surface area contributed by atoms with Crippen LogP contribution >= 0.6 is 23.2 Å². The highest BCUT2D eigenvalue weighted by molar-refractivity contribution is 6.42. The number of carbonyl (C=O) groups excluding carboxylic acids is 2. The molecule has 1 fully saturated rings. The van der Waals surface area contributed by atoms with Crippen LogP contribution in [0.15, 0.2) is 72.9 Å². The molecule has 1 aliphatic carbocycles. The van der Waals surface area contributed by atoms with E-state index in [1.807, 2.05) is 30.5 Å². The van der Waals surface area contributed by atoms with E-state index in [2.05, 4.69) is 11.1 Å². The van der Waals surface area contributed by atoms with Gasteiger partial charge >= 0.3 is 0 Å². The molecule has 1 N–H and O–H groups in total. The first-order valence-electron chi connectivity index (χ1n) is 12.6. The standard InChI is InChI=1S/C30H29Cl2N3O3/c1-38-24-11-7-21(8-12-24)30(37)35(23-9-10-23)19-29(36)34(18-20-6-13-26(31)27(32)16-20)15-14-22-17-33-28-5-3-2-4-25(22)28/h2-8,11-13,16-17,23,33H,9-10,14-15,18-19H2,1H3. The largest absolute Gasteiger partial charge is 0.497 e. The van der Waals surface area contributed by atoms with E-state index in [4.69, 9.17) is 27.9 Å². The number of benzene rings is 3. The van der Waals surface area contributed by atoms with Gasteiger partial charge in [-0.25, -0.2) is 0 Å². The Morgan fingerprint density at radius 3 is 2.47 bits per heavy atom. The van der Waals surface area contributed by atoms with Crippen molar-refractivity contribution in [2.24, 2.45) is 0 Å². The molecule has 4 aromatic rings. The number of halogens is 2. The SMILES string of the molecule is COc1ccc(C(=O)N(CC(=O)N(CCc2c[nH]c3ccccc23)Cc2ccc(Cl)c(Cl)c2)C2CC2)cc1. The van der Waals surface area contributed by atoms with Crippen molar-refractivity contribution in [2.45, 2.75) is 31.8 Å². The number of nitrogens with one attached hydrogen (secondary N) is 1. The number of nitrogens with zero attached hydrogens (tertiary/aromatic N) is 2. The van der Waals surface area contributed by atoms with Crippen molar-refractivity contribution in [1.82, 2.24) is 14.8 Å². The zero-order valence-corrected chi connectivity index (χ0v) is 22.6. The lowest BCUT2D eigenvalue weighted by Crippen LogP contribution is -2.44. The molecule has 0 aliphatic heterocycles. The molecule has 3 aromatic carbocycles. The molecule has 1 heterocycles. The molecule has 1 saturated carbocycles. The van der Waals surface area contributed by atoms with Gasteiger partial charge in [0.15, 0.2) is 0 Å². The molecule has 6 nitrogen and oxygen atoms in total. The van der Waals surface area contributed by atoms with E-state index >= 15 is 0 Å². The van der Waals surface area contributed by atoms with Crippen LogP contribution in [0.4, 0.5) is 0 Å². The minimum Gasteiger partial charge on any atom is -0.497 e. The Morgan fingerprint density at radius 1 is 1.00 bits per heavy atom. The summed E-state index contributed by atoms with van der Waals surface area (Å²) < 4.78 is 5.22. The topological polar surface area (TPSA) is 65.6 Å². The van der Waals surface area contributed by atoms with Crippen LogP contribution in [0.2, 0.25) is 10.0 Å². The van der Waals surface area contributed by atoms with Gasteiger partial charge in [0.05, 0.1) is 17.2 Å². The summed E-state index contributed by atoms with van der Waals surface area (Å²) in [6.45, 7) is 0.883. The number of amides is 2. The van der Waals surface area contributed by atoms with Gasteiger partial charge < -0.3 is 19.5 Å². The summed E-state index contributed by atoms with van der Waals surface area (Å²) in [5.74, 6) is 0.431. The first-order valence-corrected chi connectivity index (χ1v) is 13.4. The van der Waals surface area contributed by atoms with Crippen molar-refractivity contribution < 1.29 is 14.3 Å². The first-order chi connectivity index (χ1) is 18.4. The van der Waals surface area contributed by atoms with Crippen molar-refractivity contribution in [3.8, 4) is 5.75 Å². The Kier molecular flexibility index (Phi) is 7.91. The summed E-state index contributed by atoms with van der Waals surface area (Å²) in [6, 6.07) is 20.6. The van der Waals surface area contributed by atoms with Crippen LogP contribution in [-0.2, 0) is 17.8 Å². The van der Waals surface area contributed by atoms with Crippen LogP contribution in [0, 0.1) is 0 Å². The Morgan fingerprint density at radius 2 is 1.76 bits per heavy atom. The summed E-state index contributed by atoms with van der Waals surface area (Å²) in [6.07, 6.45) is 4.47. The highest BCUT2D eigenvalue weighted by atomic mass is 35.5. The predicted molar refractivity (Wildman–Crippen MR) is 151 cm³/mol. The maximum absolute atomic E-state index is 13.7. The Labute approximate surface area is 232 Å². The number of H-pyrrole nitrogens is 1. The molecule has 0 unspecified atom stereocenters. The zero-order chi connectivity index (χ0) is 26.6. The van der Waals surface area contributed by atoms with Gasteiger partial charge in [-0.1, -0.05) is 47.5 Å². The second kappa shape index (κ2) is 11.5. The Hall–Kier alpha value is -3.48. The van der Waals surface area contributed by atoms with Crippen molar-refractivity contribution in [2.75, 3.05) is 20.2 Å². The van der Waals surface area contributed by atoms with Gasteiger partial charge in [0, 0.05) is 41.8 Å². The van der Waals surface area contributed by atoms with Crippen LogP contribution in [-0.4, -0.2) is 52.8 Å². The van der Waals surface area contributed by atoms with Gasteiger partial charge in [-0.05, 0) is 72.9 Å². The number of methoxy groups -OCH3 is 1. The minimum absolute atomic E-state index is 0.0186. The number of fused-ring (bicyclic) bond motifs is 1. The van der Waals surface area contributed by atoms with Gasteiger partial charge in [-0.2, -0.15) is 0 Å². The highest BCUT2D eigenvalue weighted by Crippen LogP contribution is 2.29. The monoisotopic (exact) mass is 549 g/mol. The van der Waals surface area contributed by atoms with Crippen LogP contribution in [0.5, 0.6) is 5.75 Å². The predicted octanol–water partition coefficient (Wildman–Crippen LogP) is 6.36. The summed E-state index contributed by atoms with van der Waals surface area (Å²) in [5.41, 5.74) is 3.63. The van der Waals surface area contributed by atoms with Crippen molar-refractivity contribution >= 4 is 45.9 Å². The molecule has 38 heavy (non-hydrogen) atoms. The van der Waals surface area contributed by atoms with E-state index in [1.54, 1.807) is 53.3 Å². The molecule has 0 bridgehead atoms. The Bertz CT molecular complexity index is 1450. The summed E-state index contributed by atoms with van der Waals surface area (Å²) >= 11 is 12.4. The van der Waals surface area contributed by atoms with Crippen LogP contribution in [0.1, 0.15) is 34.3 Å². The normalized spacial score (nSPS) is 12.9. The third-order valence-electron chi connectivity index (χ3n) is 6.93. The van der Waals surface area contributed by atoms with Crippen LogP contribution in [0.3, 0.4) is 0 Å². The molecule has 0 saturated heterocycles. The fourth-order valence-electron chi connectivity index (χ4n) is 4.64. The zero-order valence-electron chi connectivity index (χ0n) is 21.1. The number of rotatable bonds is 10. The average molecular weight is 550 g/mol. The van der Waals surface area contributed by atoms with Crippen LogP contribution < -0.4 is 4.74 Å². The lowest BCUT2D eigenvalue weighted by atomic mass is 10.1. The summed E-state index contributed by atoms with van der Waals surface area (Å²) in [5, 5.41) is 2.06. The maximum Gasteiger partial charge on any atom is 0.254 e. The second-order valence-electron chi connectivity index (χ2n) is 9.57. The molecule has 2 amide bonds. The molecule has 5 rings (SSSR count). The van der Waals surface area contributed by atoms with E-state index < -0.39 is 0 Å². The molecular formula is C30H29Cl2N3O3. The fourth-order valence-corrected chi connectivity index (χ4v) is 4.96. The van der Waals surface area contributed by atoms with Crippen LogP contribution in [0.25, 0.3) is 10.9 Å². The third kappa shape index (κ3) is 5.98. The quantitative estimate of drug-likeness (QED) is 0.250. The number of aromatic nitrogens is 1. The van der Waals surface area contributed by atoms with E-state index in [9.17, 15) is 9.59 Å². The number of hydrogen-bond donors (Lipinski definition) is 1. The lowest BCUT2D eigenvalue weighted by molar-refractivity contribution is -0.132. The van der Waals surface area contributed by atoms with Gasteiger partial charge in [0.1, 0.15) is 12.3 Å². The Balaban J connectivity index is 1.36. The van der Waals surface area contributed by atoms with Gasteiger partial charge in [-0.3, -0.25) is 9.59 Å². The van der Waals surface area contributed by atoms with Crippen molar-refractivity contribution in [1.29, 1.82) is 0 Å². The number of aromatic amines is 1. The van der Waals surface area contributed by atoms with E-state index in [-0.39, 0.29) is 24.4 Å². The highest BCUT2D eigenvalue weighted by Gasteiger charge is 2.35. The van der Waals surface area contributed by atoms with Crippen molar-refractivity contribution in [3.05, 3.63) is 99.7 Å². The fraction of sp³-hybridized carbons (Fsp3) is 0.267. The minimum atomic E-state index is -0.144. The summed E-state index contributed by atoms with van der Waals surface area (Å²) in [4.78, 5) is 34.0. The van der Waals surface area contributed by atoms with E-state index in [0.29, 0.717) is 40.9 Å². The van der Waals surface area contributed by atoms with Gasteiger partial charge in [0.2, 0.25) is 5.91 Å². The van der Waals surface area contributed by atoms with E-state index in [1.165, 1.54) is 0 Å². The molecule has 1 aromatic heterocycles. The second-order valence-corrected chi connectivity index (χ2v) is 10.4. The third-order valence-corrected chi connectivity index (χ3v) is 7.67. The number of carbonyl (C=O) groups is 2. The molecule has 8 heteroatoms. The molecule has 196 valence electrons. The van der Waals surface area contributed by atoms with Gasteiger partial charge in [0.25, 0.3) is 5.91 Å². The lowest BCUT2D eigenvalue weighted by Gasteiger charge is -2.28. The molecule has 1 aliphatic rings. The number of para-hydroxylation sites is 1. The molecule has 0 spiro atoms. The molecule has 0 radical (unpaired) electrons.